The molecule has 21 heavy (non-hydrogen) atoms. The summed E-state index contributed by atoms with van der Waals surface area (Å²) in [7, 11) is 0. The van der Waals surface area contributed by atoms with E-state index in [1.165, 1.54) is 6.07 Å². The fourth-order valence-corrected chi connectivity index (χ4v) is 1.49. The van der Waals surface area contributed by atoms with Crippen LogP contribution < -0.4 is 5.73 Å². The number of fused-ring (bicyclic) bond motifs is 1. The SMILES string of the molecule is NC(CO)(CO)CO.Oc1ccc(Cl)c2cccnc12.[GaH3]. The quantitative estimate of drug-likeness (QED) is 0.444. The first-order chi connectivity index (χ1) is 9.47. The molecule has 8 heteroatoms. The minimum atomic E-state index is -1.21. The molecule has 1 aromatic heterocycles. The first-order valence-corrected chi connectivity index (χ1v) is 6.19. The molecule has 1 aromatic carbocycles. The number of phenols is 1. The van der Waals surface area contributed by atoms with Gasteiger partial charge in [-0.25, -0.2) is 0 Å². The Morgan fingerprint density at radius 3 is 2.10 bits per heavy atom. The molecule has 6 nitrogen and oxygen atoms in total. The molecule has 116 valence electrons. The molecule has 2 aromatic rings. The van der Waals surface area contributed by atoms with Crippen molar-refractivity contribution >= 4 is 42.3 Å². The summed E-state index contributed by atoms with van der Waals surface area (Å²) in [6, 6.07) is 6.80. The van der Waals surface area contributed by atoms with Crippen molar-refractivity contribution in [1.29, 1.82) is 0 Å². The third kappa shape index (κ3) is 5.48. The second-order valence-corrected chi connectivity index (χ2v) is 4.71. The standard InChI is InChI=1S/C9H6ClNO.C4H11NO3.Ga.3H/c10-7-3-4-8(12)9-6(7)2-1-5-11-9;5-4(1-6,2-7)3-8;;;;/h1-5,12H;6-8H,1-3,5H2;;;;. The zero-order valence-corrected chi connectivity index (χ0v) is 11.5. The molecule has 6 N–H and O–H groups in total. The van der Waals surface area contributed by atoms with Gasteiger partial charge in [0.1, 0.15) is 11.3 Å². The Morgan fingerprint density at radius 2 is 1.67 bits per heavy atom. The third-order valence-corrected chi connectivity index (χ3v) is 2.97. The molecule has 0 unspecified atom stereocenters. The van der Waals surface area contributed by atoms with Gasteiger partial charge in [-0.1, -0.05) is 11.6 Å². The summed E-state index contributed by atoms with van der Waals surface area (Å²) in [5.74, 6) is 0.162. The van der Waals surface area contributed by atoms with E-state index in [9.17, 15) is 5.11 Å². The predicted octanol–water partition coefficient (Wildman–Crippen LogP) is -0.929. The van der Waals surface area contributed by atoms with Crippen LogP contribution in [0.1, 0.15) is 0 Å². The Balaban J connectivity index is 0.000000397. The van der Waals surface area contributed by atoms with Crippen molar-refractivity contribution in [1.82, 2.24) is 4.98 Å². The van der Waals surface area contributed by atoms with Gasteiger partial charge in [-0.3, -0.25) is 4.98 Å². The molecule has 0 aliphatic heterocycles. The van der Waals surface area contributed by atoms with E-state index >= 15 is 0 Å². The second-order valence-electron chi connectivity index (χ2n) is 4.30. The number of rotatable bonds is 3. The van der Waals surface area contributed by atoms with Crippen molar-refractivity contribution in [3.05, 3.63) is 35.5 Å². The van der Waals surface area contributed by atoms with E-state index in [4.69, 9.17) is 32.7 Å². The van der Waals surface area contributed by atoms with Crippen LogP contribution in [-0.2, 0) is 0 Å². The Bertz CT molecular complexity index is 518. The number of pyridine rings is 1. The molecule has 0 saturated carbocycles. The van der Waals surface area contributed by atoms with E-state index in [0.29, 0.717) is 10.5 Å². The summed E-state index contributed by atoms with van der Waals surface area (Å²) >= 11 is 5.88. The second kappa shape index (κ2) is 9.26. The number of halogens is 1. The Kier molecular flexibility index (Phi) is 8.91. The molecular weight excluding hydrogens is 353 g/mol. The van der Waals surface area contributed by atoms with Gasteiger partial charge in [-0.05, 0) is 24.3 Å². The van der Waals surface area contributed by atoms with Gasteiger partial charge >= 0.3 is 19.8 Å². The van der Waals surface area contributed by atoms with Crippen molar-refractivity contribution in [2.24, 2.45) is 5.73 Å². The fourth-order valence-electron chi connectivity index (χ4n) is 1.27. The van der Waals surface area contributed by atoms with Crippen molar-refractivity contribution in [3.8, 4) is 5.75 Å². The summed E-state index contributed by atoms with van der Waals surface area (Å²) in [5.41, 5.74) is 4.48. The van der Waals surface area contributed by atoms with Gasteiger partial charge in [0.05, 0.1) is 30.4 Å². The molecule has 1 heterocycles. The van der Waals surface area contributed by atoms with Gasteiger partial charge < -0.3 is 26.2 Å². The molecule has 0 saturated heterocycles. The Hall–Kier alpha value is -0.804. The third-order valence-electron chi connectivity index (χ3n) is 2.64. The molecule has 0 spiro atoms. The number of aromatic nitrogens is 1. The van der Waals surface area contributed by atoms with Crippen LogP contribution in [0, 0.1) is 0 Å². The zero-order valence-electron chi connectivity index (χ0n) is 10.7. The van der Waals surface area contributed by atoms with E-state index in [0.717, 1.165) is 5.39 Å². The van der Waals surface area contributed by atoms with E-state index in [2.05, 4.69) is 4.98 Å². The summed E-state index contributed by atoms with van der Waals surface area (Å²) in [4.78, 5) is 4.01. The number of nitrogens with two attached hydrogens (primary N) is 1. The number of phenolic OH excluding ortho intramolecular Hbond substituents is 1. The van der Waals surface area contributed by atoms with Gasteiger partial charge in [-0.15, -0.1) is 0 Å². The van der Waals surface area contributed by atoms with Crippen molar-refractivity contribution in [3.63, 3.8) is 0 Å². The van der Waals surface area contributed by atoms with Crippen LogP contribution in [0.25, 0.3) is 10.9 Å². The first-order valence-electron chi connectivity index (χ1n) is 5.81. The number of aliphatic hydroxyl groups excluding tert-OH is 3. The van der Waals surface area contributed by atoms with Crippen LogP contribution in [-0.4, -0.2) is 70.6 Å². The van der Waals surface area contributed by atoms with Crippen LogP contribution in [0.2, 0.25) is 5.02 Å². The fraction of sp³-hybridized carbons (Fsp3) is 0.308. The normalized spacial score (nSPS) is 10.5. The van der Waals surface area contributed by atoms with Crippen LogP contribution in [0.5, 0.6) is 5.75 Å². The number of benzene rings is 1. The number of aliphatic hydroxyl groups is 3. The number of aromatic hydroxyl groups is 1. The van der Waals surface area contributed by atoms with Crippen molar-refractivity contribution < 1.29 is 20.4 Å². The summed E-state index contributed by atoms with van der Waals surface area (Å²) in [6.45, 7) is -1.21. The Morgan fingerprint density at radius 1 is 1.10 bits per heavy atom. The van der Waals surface area contributed by atoms with E-state index in [-0.39, 0.29) is 25.5 Å². The molecule has 0 bridgehead atoms. The monoisotopic (exact) mass is 372 g/mol. The molecule has 0 radical (unpaired) electrons. The molecule has 2 rings (SSSR count). The van der Waals surface area contributed by atoms with Gasteiger partial charge in [0.2, 0.25) is 0 Å². The van der Waals surface area contributed by atoms with E-state index in [1.807, 2.05) is 6.07 Å². The van der Waals surface area contributed by atoms with Gasteiger partial charge in [0.25, 0.3) is 0 Å². The summed E-state index contributed by atoms with van der Waals surface area (Å²) in [5, 5.41) is 35.8. The van der Waals surface area contributed by atoms with Gasteiger partial charge in [0, 0.05) is 11.6 Å². The van der Waals surface area contributed by atoms with Crippen LogP contribution in [0.15, 0.2) is 30.5 Å². The van der Waals surface area contributed by atoms with Gasteiger partial charge in [-0.2, -0.15) is 0 Å². The topological polar surface area (TPSA) is 120 Å². The maximum atomic E-state index is 9.37. The number of hydrogen-bond donors (Lipinski definition) is 5. The van der Waals surface area contributed by atoms with Gasteiger partial charge in [0.15, 0.2) is 0 Å². The van der Waals surface area contributed by atoms with Crippen LogP contribution in [0.4, 0.5) is 0 Å². The molecule has 0 aliphatic rings. The zero-order chi connectivity index (χ0) is 15.2. The average Bonchev–Trinajstić information content (AvgIpc) is 2.51. The Labute approximate surface area is 140 Å². The molecule has 0 aliphatic carbocycles. The number of nitrogens with zero attached hydrogens (tertiary/aromatic N) is 1. The minimum absolute atomic E-state index is 0. The predicted molar refractivity (Wildman–Crippen MR) is 86.5 cm³/mol. The average molecular weight is 373 g/mol. The summed E-state index contributed by atoms with van der Waals surface area (Å²) < 4.78 is 0. The summed E-state index contributed by atoms with van der Waals surface area (Å²) in [6.07, 6.45) is 1.62. The molecule has 0 atom stereocenters. The van der Waals surface area contributed by atoms with Crippen LogP contribution in [0.3, 0.4) is 0 Å². The van der Waals surface area contributed by atoms with E-state index < -0.39 is 25.4 Å². The van der Waals surface area contributed by atoms with E-state index in [1.54, 1.807) is 18.3 Å². The molecule has 0 amide bonds. The van der Waals surface area contributed by atoms with Crippen LogP contribution >= 0.6 is 11.6 Å². The maximum absolute atomic E-state index is 9.37. The first kappa shape index (κ1) is 20.2. The molecule has 0 fully saturated rings. The number of hydrogen-bond acceptors (Lipinski definition) is 6. The molecular formula is C13H20ClGaN2O4. The van der Waals surface area contributed by atoms with Crippen molar-refractivity contribution in [2.75, 3.05) is 19.8 Å². The van der Waals surface area contributed by atoms with Crippen molar-refractivity contribution in [2.45, 2.75) is 5.54 Å².